The van der Waals surface area contributed by atoms with Gasteiger partial charge in [-0.05, 0) is 18.9 Å². The lowest BCUT2D eigenvalue weighted by molar-refractivity contribution is -0.131. The zero-order valence-corrected chi connectivity index (χ0v) is 9.04. The predicted molar refractivity (Wildman–Crippen MR) is 56.5 cm³/mol. The zero-order valence-electron chi connectivity index (χ0n) is 9.04. The van der Waals surface area contributed by atoms with Crippen molar-refractivity contribution in [1.29, 1.82) is 0 Å². The number of aromatic nitrogens is 3. The molecule has 3 heterocycles. The van der Waals surface area contributed by atoms with Gasteiger partial charge in [-0.15, -0.1) is 5.10 Å². The molecule has 2 atom stereocenters. The van der Waals surface area contributed by atoms with E-state index in [0.29, 0.717) is 18.5 Å². The second-order valence-corrected chi connectivity index (χ2v) is 4.51. The molecular formula is C10H15N5O. The Labute approximate surface area is 93.6 Å². The molecule has 2 aliphatic rings. The summed E-state index contributed by atoms with van der Waals surface area (Å²) >= 11 is 0. The Kier molecular flexibility index (Phi) is 2.36. The highest BCUT2D eigenvalue weighted by atomic mass is 16.2. The van der Waals surface area contributed by atoms with Gasteiger partial charge in [0.15, 0.2) is 0 Å². The van der Waals surface area contributed by atoms with Crippen molar-refractivity contribution >= 4 is 5.91 Å². The topological polar surface area (TPSA) is 63.1 Å². The van der Waals surface area contributed by atoms with Crippen LogP contribution in [0.4, 0.5) is 0 Å². The first-order chi connectivity index (χ1) is 7.83. The van der Waals surface area contributed by atoms with Crippen molar-refractivity contribution in [3.8, 4) is 0 Å². The molecule has 0 aromatic carbocycles. The van der Waals surface area contributed by atoms with Gasteiger partial charge in [0.05, 0.1) is 6.20 Å². The summed E-state index contributed by atoms with van der Waals surface area (Å²) in [5.74, 6) is 0.793. The number of rotatable bonds is 2. The number of hydrogen-bond acceptors (Lipinski definition) is 4. The molecule has 0 radical (unpaired) electrons. The Balaban J connectivity index is 1.60. The number of nitrogens with one attached hydrogen (secondary N) is 1. The van der Waals surface area contributed by atoms with Crippen LogP contribution in [0, 0.1) is 5.92 Å². The fourth-order valence-electron chi connectivity index (χ4n) is 2.61. The SMILES string of the molecule is O=C(Cn1ccnn1)N1C[C@@H]2CCN[C@@H]2C1. The van der Waals surface area contributed by atoms with Crippen molar-refractivity contribution in [3.63, 3.8) is 0 Å². The summed E-state index contributed by atoms with van der Waals surface area (Å²) in [6.07, 6.45) is 4.50. The van der Waals surface area contributed by atoms with Crippen LogP contribution in [-0.2, 0) is 11.3 Å². The monoisotopic (exact) mass is 221 g/mol. The smallest absolute Gasteiger partial charge is 0.244 e. The molecule has 2 aliphatic heterocycles. The molecule has 6 heteroatoms. The molecule has 0 spiro atoms. The minimum absolute atomic E-state index is 0.140. The van der Waals surface area contributed by atoms with Crippen LogP contribution in [0.1, 0.15) is 6.42 Å². The first-order valence-electron chi connectivity index (χ1n) is 5.68. The Hall–Kier alpha value is -1.43. The Morgan fingerprint density at radius 3 is 3.19 bits per heavy atom. The number of amides is 1. The maximum atomic E-state index is 12.0. The van der Waals surface area contributed by atoms with Gasteiger partial charge in [0, 0.05) is 25.3 Å². The Bertz CT molecular complexity index is 365. The van der Waals surface area contributed by atoms with Crippen LogP contribution in [0.25, 0.3) is 0 Å². The van der Waals surface area contributed by atoms with Crippen molar-refractivity contribution < 1.29 is 4.79 Å². The molecule has 1 aromatic heterocycles. The third-order valence-electron chi connectivity index (χ3n) is 3.48. The molecule has 16 heavy (non-hydrogen) atoms. The number of nitrogens with zero attached hydrogens (tertiary/aromatic N) is 4. The summed E-state index contributed by atoms with van der Waals surface area (Å²) in [4.78, 5) is 13.9. The van der Waals surface area contributed by atoms with Gasteiger partial charge >= 0.3 is 0 Å². The van der Waals surface area contributed by atoms with E-state index in [1.807, 2.05) is 4.90 Å². The average molecular weight is 221 g/mol. The lowest BCUT2D eigenvalue weighted by Crippen LogP contribution is -2.35. The van der Waals surface area contributed by atoms with Crippen molar-refractivity contribution in [2.45, 2.75) is 19.0 Å². The van der Waals surface area contributed by atoms with E-state index in [9.17, 15) is 4.79 Å². The molecule has 86 valence electrons. The minimum Gasteiger partial charge on any atom is -0.339 e. The summed E-state index contributed by atoms with van der Waals surface area (Å²) < 4.78 is 1.57. The van der Waals surface area contributed by atoms with E-state index in [1.54, 1.807) is 17.1 Å². The maximum Gasteiger partial charge on any atom is 0.244 e. The van der Waals surface area contributed by atoms with Crippen LogP contribution in [0.3, 0.4) is 0 Å². The molecule has 2 saturated heterocycles. The Morgan fingerprint density at radius 1 is 1.50 bits per heavy atom. The first kappa shape index (κ1) is 9.77. The van der Waals surface area contributed by atoms with Gasteiger partial charge in [-0.3, -0.25) is 4.79 Å². The van der Waals surface area contributed by atoms with E-state index in [0.717, 1.165) is 19.6 Å². The number of carbonyl (C=O) groups excluding carboxylic acids is 1. The van der Waals surface area contributed by atoms with Gasteiger partial charge in [0.25, 0.3) is 0 Å². The highest BCUT2D eigenvalue weighted by Gasteiger charge is 2.37. The molecule has 6 nitrogen and oxygen atoms in total. The van der Waals surface area contributed by atoms with Gasteiger partial charge in [0.1, 0.15) is 6.54 Å². The summed E-state index contributed by atoms with van der Waals surface area (Å²) in [7, 11) is 0. The van der Waals surface area contributed by atoms with Gasteiger partial charge < -0.3 is 10.2 Å². The summed E-state index contributed by atoms with van der Waals surface area (Å²) in [5.41, 5.74) is 0. The van der Waals surface area contributed by atoms with Crippen LogP contribution in [-0.4, -0.2) is 51.5 Å². The van der Waals surface area contributed by atoms with Gasteiger partial charge in [-0.1, -0.05) is 5.21 Å². The highest BCUT2D eigenvalue weighted by Crippen LogP contribution is 2.24. The van der Waals surface area contributed by atoms with E-state index >= 15 is 0 Å². The second kappa shape index (κ2) is 3.86. The van der Waals surface area contributed by atoms with Crippen molar-refractivity contribution in [1.82, 2.24) is 25.2 Å². The van der Waals surface area contributed by atoms with E-state index in [2.05, 4.69) is 15.6 Å². The molecule has 1 amide bonds. The molecule has 3 rings (SSSR count). The Morgan fingerprint density at radius 2 is 2.44 bits per heavy atom. The van der Waals surface area contributed by atoms with Gasteiger partial charge in [-0.25, -0.2) is 4.68 Å². The maximum absolute atomic E-state index is 12.0. The first-order valence-corrected chi connectivity index (χ1v) is 5.68. The van der Waals surface area contributed by atoms with Crippen molar-refractivity contribution in [2.75, 3.05) is 19.6 Å². The molecule has 2 fully saturated rings. The quantitative estimate of drug-likeness (QED) is 0.703. The van der Waals surface area contributed by atoms with E-state index < -0.39 is 0 Å². The number of fused-ring (bicyclic) bond motifs is 1. The second-order valence-electron chi connectivity index (χ2n) is 4.51. The summed E-state index contributed by atoms with van der Waals surface area (Å²) in [6.45, 7) is 3.14. The molecule has 0 saturated carbocycles. The average Bonchev–Trinajstić information content (AvgIpc) is 2.91. The van der Waals surface area contributed by atoms with Crippen molar-refractivity contribution in [3.05, 3.63) is 12.4 Å². The standard InChI is InChI=1S/C10H15N5O/c16-10(7-15-4-3-12-13-15)14-5-8-1-2-11-9(8)6-14/h3-4,8-9,11H,1-2,5-7H2/t8-,9+/m0/s1. The molecule has 0 bridgehead atoms. The highest BCUT2D eigenvalue weighted by molar-refractivity contribution is 5.76. The fraction of sp³-hybridized carbons (Fsp3) is 0.700. The summed E-state index contributed by atoms with van der Waals surface area (Å²) in [5, 5.41) is 10.9. The third kappa shape index (κ3) is 1.69. The van der Waals surface area contributed by atoms with Crippen molar-refractivity contribution in [2.24, 2.45) is 5.92 Å². The molecule has 1 N–H and O–H groups in total. The lowest BCUT2D eigenvalue weighted by atomic mass is 10.1. The molecular weight excluding hydrogens is 206 g/mol. The van der Waals surface area contributed by atoms with Crippen LogP contribution in [0.15, 0.2) is 12.4 Å². The van der Waals surface area contributed by atoms with Gasteiger partial charge in [0.2, 0.25) is 5.91 Å². The van der Waals surface area contributed by atoms with Crippen LogP contribution < -0.4 is 5.32 Å². The predicted octanol–water partition coefficient (Wildman–Crippen LogP) is -0.902. The number of hydrogen-bond donors (Lipinski definition) is 1. The van der Waals surface area contributed by atoms with Crippen LogP contribution >= 0.6 is 0 Å². The normalized spacial score (nSPS) is 28.4. The van der Waals surface area contributed by atoms with E-state index in [-0.39, 0.29) is 5.91 Å². The van der Waals surface area contributed by atoms with E-state index in [1.165, 1.54) is 6.42 Å². The van der Waals surface area contributed by atoms with Crippen LogP contribution in [0.5, 0.6) is 0 Å². The minimum atomic E-state index is 0.140. The molecule has 0 aliphatic carbocycles. The van der Waals surface area contributed by atoms with E-state index in [4.69, 9.17) is 0 Å². The number of likely N-dealkylation sites (tertiary alicyclic amines) is 1. The van der Waals surface area contributed by atoms with Gasteiger partial charge in [-0.2, -0.15) is 0 Å². The van der Waals surface area contributed by atoms with Crippen LogP contribution in [0.2, 0.25) is 0 Å². The zero-order chi connectivity index (χ0) is 11.0. The lowest BCUT2D eigenvalue weighted by Gasteiger charge is -2.16. The fourth-order valence-corrected chi connectivity index (χ4v) is 2.61. The summed E-state index contributed by atoms with van der Waals surface area (Å²) in [6, 6.07) is 0.514. The number of carbonyl (C=O) groups is 1. The molecule has 0 unspecified atom stereocenters. The largest absolute Gasteiger partial charge is 0.339 e. The molecule has 1 aromatic rings. The third-order valence-corrected chi connectivity index (χ3v) is 3.48.